The van der Waals surface area contributed by atoms with Crippen molar-refractivity contribution in [2.75, 3.05) is 51.2 Å². The maximum Gasteiger partial charge on any atom is 0.277 e. The number of likely N-dealkylation sites (N-methyl/N-ethyl adjacent to an activating group) is 1. The smallest absolute Gasteiger partial charge is 0.277 e. The van der Waals surface area contributed by atoms with Crippen LogP contribution in [0.4, 0.5) is 5.95 Å². The Balaban J connectivity index is 1.73. The maximum absolute atomic E-state index is 12.0. The van der Waals surface area contributed by atoms with Gasteiger partial charge in [-0.3, -0.25) is 9.59 Å². The van der Waals surface area contributed by atoms with Crippen molar-refractivity contribution >= 4 is 17.8 Å². The third-order valence-corrected chi connectivity index (χ3v) is 3.39. The lowest BCUT2D eigenvalue weighted by molar-refractivity contribution is -0.633. The minimum absolute atomic E-state index is 0.0625. The highest BCUT2D eigenvalue weighted by Crippen LogP contribution is 2.09. The summed E-state index contributed by atoms with van der Waals surface area (Å²) in [7, 11) is 1.59. The third kappa shape index (κ3) is 4.38. The van der Waals surface area contributed by atoms with E-state index in [9.17, 15) is 9.59 Å². The first-order valence-corrected chi connectivity index (χ1v) is 7.02. The number of hydrogen-bond donors (Lipinski definition) is 2. The lowest BCUT2D eigenvalue weighted by Gasteiger charge is -2.34. The molecule has 2 amide bonds. The van der Waals surface area contributed by atoms with Crippen LogP contribution in [0.3, 0.4) is 0 Å². The van der Waals surface area contributed by atoms with E-state index in [2.05, 4.69) is 20.2 Å². The van der Waals surface area contributed by atoms with E-state index in [1.165, 1.54) is 0 Å². The van der Waals surface area contributed by atoms with Gasteiger partial charge < -0.3 is 20.4 Å². The van der Waals surface area contributed by atoms with Gasteiger partial charge in [-0.25, -0.2) is 9.97 Å². The Bertz CT molecular complexity index is 473. The summed E-state index contributed by atoms with van der Waals surface area (Å²) >= 11 is 0. The molecule has 1 aromatic heterocycles. The van der Waals surface area contributed by atoms with Gasteiger partial charge in [0.2, 0.25) is 5.95 Å². The van der Waals surface area contributed by atoms with Crippen LogP contribution >= 0.6 is 0 Å². The van der Waals surface area contributed by atoms with Gasteiger partial charge >= 0.3 is 0 Å². The molecule has 1 aromatic rings. The van der Waals surface area contributed by atoms with Gasteiger partial charge in [0.25, 0.3) is 11.8 Å². The van der Waals surface area contributed by atoms with E-state index in [4.69, 9.17) is 0 Å². The van der Waals surface area contributed by atoms with E-state index in [1.807, 2.05) is 4.90 Å². The summed E-state index contributed by atoms with van der Waals surface area (Å²) in [6.45, 7) is 3.35. The number of nitrogens with two attached hydrogens (primary N) is 1. The van der Waals surface area contributed by atoms with Crippen LogP contribution in [0.5, 0.6) is 0 Å². The van der Waals surface area contributed by atoms with Gasteiger partial charge in [0.1, 0.15) is 0 Å². The standard InChI is InChI=1S/C13H20N6O2/c1-14-11(20)9-15-10-12(21)18-5-7-19(8-6-18)13-16-3-2-4-17-13/h2-4,15H,5-10H2,1H3,(H,14,20)/p+1. The van der Waals surface area contributed by atoms with Crippen molar-refractivity contribution in [3.8, 4) is 0 Å². The molecule has 0 saturated carbocycles. The van der Waals surface area contributed by atoms with Crippen LogP contribution in [0.15, 0.2) is 18.5 Å². The largest absolute Gasteiger partial charge is 0.354 e. The van der Waals surface area contributed by atoms with E-state index in [1.54, 1.807) is 30.8 Å². The summed E-state index contributed by atoms with van der Waals surface area (Å²) in [6.07, 6.45) is 3.43. The molecule has 0 aromatic carbocycles. The zero-order valence-electron chi connectivity index (χ0n) is 12.2. The summed E-state index contributed by atoms with van der Waals surface area (Å²) in [6, 6.07) is 1.78. The zero-order valence-corrected chi connectivity index (χ0v) is 12.2. The molecule has 1 fully saturated rings. The Morgan fingerprint density at radius 1 is 1.19 bits per heavy atom. The Kier molecular flexibility index (Phi) is 5.44. The molecule has 21 heavy (non-hydrogen) atoms. The number of rotatable bonds is 5. The number of aromatic nitrogens is 2. The number of carbonyl (C=O) groups excluding carboxylic acids is 2. The van der Waals surface area contributed by atoms with Crippen LogP contribution in [0.25, 0.3) is 0 Å². The molecule has 8 heteroatoms. The van der Waals surface area contributed by atoms with Crippen molar-refractivity contribution in [3.63, 3.8) is 0 Å². The van der Waals surface area contributed by atoms with E-state index >= 15 is 0 Å². The lowest BCUT2D eigenvalue weighted by atomic mass is 10.3. The first-order chi connectivity index (χ1) is 10.2. The van der Waals surface area contributed by atoms with Crippen molar-refractivity contribution in [1.29, 1.82) is 0 Å². The Hall–Kier alpha value is -2.22. The number of anilines is 1. The molecule has 0 unspecified atom stereocenters. The topological polar surface area (TPSA) is 95.0 Å². The van der Waals surface area contributed by atoms with Crippen molar-refractivity contribution < 1.29 is 14.9 Å². The van der Waals surface area contributed by atoms with Gasteiger partial charge in [0.05, 0.1) is 0 Å². The van der Waals surface area contributed by atoms with Gasteiger partial charge in [0.15, 0.2) is 13.1 Å². The Labute approximate surface area is 123 Å². The molecule has 0 atom stereocenters. The summed E-state index contributed by atoms with van der Waals surface area (Å²) in [5.41, 5.74) is 0. The van der Waals surface area contributed by atoms with Gasteiger partial charge in [-0.1, -0.05) is 0 Å². The molecule has 114 valence electrons. The number of nitrogens with zero attached hydrogens (tertiary/aromatic N) is 4. The van der Waals surface area contributed by atoms with Gasteiger partial charge in [-0.15, -0.1) is 0 Å². The predicted octanol–water partition coefficient (Wildman–Crippen LogP) is -2.57. The lowest BCUT2D eigenvalue weighted by Crippen LogP contribution is -2.88. The molecule has 0 aliphatic carbocycles. The van der Waals surface area contributed by atoms with E-state index < -0.39 is 0 Å². The van der Waals surface area contributed by atoms with Crippen molar-refractivity contribution in [2.45, 2.75) is 0 Å². The predicted molar refractivity (Wildman–Crippen MR) is 76.6 cm³/mol. The Morgan fingerprint density at radius 3 is 2.48 bits per heavy atom. The minimum atomic E-state index is -0.0751. The van der Waals surface area contributed by atoms with E-state index in [-0.39, 0.29) is 18.4 Å². The summed E-state index contributed by atoms with van der Waals surface area (Å²) in [5.74, 6) is 0.692. The molecule has 1 aliphatic heterocycles. The highest BCUT2D eigenvalue weighted by Gasteiger charge is 2.23. The molecule has 0 bridgehead atoms. The molecule has 2 rings (SSSR count). The summed E-state index contributed by atoms with van der Waals surface area (Å²) in [4.78, 5) is 35.4. The quantitative estimate of drug-likeness (QED) is 0.622. The van der Waals surface area contributed by atoms with Crippen LogP contribution in [0.2, 0.25) is 0 Å². The van der Waals surface area contributed by atoms with Gasteiger partial charge in [-0.2, -0.15) is 0 Å². The highest BCUT2D eigenvalue weighted by molar-refractivity contribution is 5.78. The van der Waals surface area contributed by atoms with E-state index in [0.29, 0.717) is 25.6 Å². The monoisotopic (exact) mass is 293 g/mol. The molecule has 3 N–H and O–H groups in total. The number of carbonyl (C=O) groups is 2. The normalized spacial score (nSPS) is 14.9. The van der Waals surface area contributed by atoms with Crippen LogP contribution in [0, 0.1) is 0 Å². The molecular formula is C13H21N6O2+. The highest BCUT2D eigenvalue weighted by atomic mass is 16.2. The van der Waals surface area contributed by atoms with Crippen molar-refractivity contribution in [2.24, 2.45) is 0 Å². The van der Waals surface area contributed by atoms with Crippen molar-refractivity contribution in [1.82, 2.24) is 20.2 Å². The van der Waals surface area contributed by atoms with E-state index in [0.717, 1.165) is 13.1 Å². The van der Waals surface area contributed by atoms with Gasteiger partial charge in [0, 0.05) is 45.6 Å². The van der Waals surface area contributed by atoms with Crippen LogP contribution in [0.1, 0.15) is 0 Å². The number of nitrogens with one attached hydrogen (secondary N) is 1. The first kappa shape index (κ1) is 15.2. The average molecular weight is 293 g/mol. The molecular weight excluding hydrogens is 272 g/mol. The first-order valence-electron chi connectivity index (χ1n) is 7.02. The second kappa shape index (κ2) is 7.53. The zero-order chi connectivity index (χ0) is 15.1. The van der Waals surface area contributed by atoms with Gasteiger partial charge in [-0.05, 0) is 6.07 Å². The van der Waals surface area contributed by atoms with Crippen LogP contribution in [-0.2, 0) is 9.59 Å². The fraction of sp³-hybridized carbons (Fsp3) is 0.538. The molecule has 2 heterocycles. The Morgan fingerprint density at radius 2 is 1.86 bits per heavy atom. The van der Waals surface area contributed by atoms with Crippen LogP contribution < -0.4 is 15.5 Å². The average Bonchev–Trinajstić information content (AvgIpc) is 2.55. The maximum atomic E-state index is 12.0. The number of piperazine rings is 1. The minimum Gasteiger partial charge on any atom is -0.354 e. The molecule has 8 nitrogen and oxygen atoms in total. The SMILES string of the molecule is CNC(=O)C[NH2+]CC(=O)N1CCN(c2ncccn2)CC1. The fourth-order valence-corrected chi connectivity index (χ4v) is 2.17. The number of quaternary nitrogens is 1. The van der Waals surface area contributed by atoms with Crippen LogP contribution in [-0.4, -0.2) is 73.0 Å². The number of hydrogen-bond acceptors (Lipinski definition) is 5. The molecule has 1 aliphatic rings. The fourth-order valence-electron chi connectivity index (χ4n) is 2.17. The molecule has 0 radical (unpaired) electrons. The second-order valence-electron chi connectivity index (χ2n) is 4.79. The summed E-state index contributed by atoms with van der Waals surface area (Å²) < 4.78 is 0. The molecule has 0 spiro atoms. The number of amides is 2. The summed E-state index contributed by atoms with van der Waals surface area (Å²) in [5, 5.41) is 4.24. The van der Waals surface area contributed by atoms with Crippen molar-refractivity contribution in [3.05, 3.63) is 18.5 Å². The molecule has 1 saturated heterocycles. The second-order valence-corrected chi connectivity index (χ2v) is 4.79. The third-order valence-electron chi connectivity index (χ3n) is 3.39.